The summed E-state index contributed by atoms with van der Waals surface area (Å²) < 4.78 is 12.2. The first-order valence-corrected chi connectivity index (χ1v) is 8.51. The maximum absolute atomic E-state index is 12.6. The molecular formula is C20H18ClN3O3. The molecule has 0 fully saturated rings. The molecule has 0 saturated carbocycles. The van der Waals surface area contributed by atoms with Gasteiger partial charge in [0.25, 0.3) is 5.91 Å². The van der Waals surface area contributed by atoms with Gasteiger partial charge in [0.2, 0.25) is 0 Å². The van der Waals surface area contributed by atoms with Crippen molar-refractivity contribution in [2.75, 3.05) is 13.2 Å². The van der Waals surface area contributed by atoms with E-state index in [0.717, 1.165) is 0 Å². The number of terminal acetylenes is 1. The molecule has 0 N–H and O–H groups in total. The van der Waals surface area contributed by atoms with Crippen molar-refractivity contribution in [1.82, 2.24) is 9.78 Å². The Kier molecular flexibility index (Phi) is 6.65. The van der Waals surface area contributed by atoms with Crippen molar-refractivity contribution in [3.63, 3.8) is 0 Å². The van der Waals surface area contributed by atoms with E-state index in [4.69, 9.17) is 27.5 Å². The maximum Gasteiger partial charge on any atom is 0.289 e. The summed E-state index contributed by atoms with van der Waals surface area (Å²) in [6.45, 7) is 5.75. The Morgan fingerprint density at radius 3 is 2.67 bits per heavy atom. The number of benzene rings is 1. The van der Waals surface area contributed by atoms with Gasteiger partial charge in [-0.2, -0.15) is 10.4 Å². The molecule has 0 bridgehead atoms. The molecule has 0 atom stereocenters. The van der Waals surface area contributed by atoms with Gasteiger partial charge in [-0.3, -0.25) is 4.79 Å². The van der Waals surface area contributed by atoms with Crippen LogP contribution in [0.3, 0.4) is 0 Å². The molecule has 1 heterocycles. The predicted molar refractivity (Wildman–Crippen MR) is 103 cm³/mol. The summed E-state index contributed by atoms with van der Waals surface area (Å²) >= 11 is 6.27. The highest BCUT2D eigenvalue weighted by atomic mass is 35.5. The number of aromatic nitrogens is 2. The molecule has 0 aliphatic heterocycles. The van der Waals surface area contributed by atoms with Gasteiger partial charge in [-0.25, -0.2) is 4.68 Å². The molecule has 0 aliphatic rings. The summed E-state index contributed by atoms with van der Waals surface area (Å²) in [5, 5.41) is 13.8. The number of carbonyl (C=O) groups is 1. The number of nitriles is 1. The number of hydrogen-bond donors (Lipinski definition) is 0. The molecule has 0 radical (unpaired) electrons. The molecule has 0 aliphatic carbocycles. The van der Waals surface area contributed by atoms with Crippen LogP contribution in [-0.4, -0.2) is 28.9 Å². The van der Waals surface area contributed by atoms with E-state index < -0.39 is 5.91 Å². The SMILES string of the molecule is C#CCOc1c(Cl)cc(/C=C(\C#N)C(=O)n2nc(C)cc2C)cc1OCC. The lowest BCUT2D eigenvalue weighted by Crippen LogP contribution is -2.15. The van der Waals surface area contributed by atoms with Crippen LogP contribution < -0.4 is 9.47 Å². The standard InChI is InChI=1S/C20H18ClN3O3/c1-5-7-27-19-17(21)10-15(11-18(19)26-6-2)9-16(12-22)20(25)24-14(4)8-13(3)23-24/h1,8-11H,6-7H2,2-4H3/b16-9+. The molecule has 7 heteroatoms. The topological polar surface area (TPSA) is 77.1 Å². The highest BCUT2D eigenvalue weighted by Gasteiger charge is 2.17. The van der Waals surface area contributed by atoms with E-state index in [9.17, 15) is 10.1 Å². The van der Waals surface area contributed by atoms with Gasteiger partial charge in [-0.1, -0.05) is 17.5 Å². The smallest absolute Gasteiger partial charge is 0.289 e. The van der Waals surface area contributed by atoms with Crippen molar-refractivity contribution in [2.45, 2.75) is 20.8 Å². The lowest BCUT2D eigenvalue weighted by atomic mass is 10.1. The van der Waals surface area contributed by atoms with Gasteiger partial charge < -0.3 is 9.47 Å². The zero-order valence-corrected chi connectivity index (χ0v) is 16.0. The van der Waals surface area contributed by atoms with Gasteiger partial charge in [0.15, 0.2) is 11.5 Å². The minimum Gasteiger partial charge on any atom is -0.490 e. The Labute approximate surface area is 163 Å². The van der Waals surface area contributed by atoms with Gasteiger partial charge >= 0.3 is 0 Å². The lowest BCUT2D eigenvalue weighted by Gasteiger charge is -2.13. The molecule has 0 saturated heterocycles. The number of nitrogens with zero attached hydrogens (tertiary/aromatic N) is 3. The van der Waals surface area contributed by atoms with Gasteiger partial charge in [0, 0.05) is 5.69 Å². The fourth-order valence-electron chi connectivity index (χ4n) is 2.45. The van der Waals surface area contributed by atoms with Crippen LogP contribution in [-0.2, 0) is 0 Å². The Morgan fingerprint density at radius 1 is 1.37 bits per heavy atom. The molecule has 0 amide bonds. The Morgan fingerprint density at radius 2 is 2.11 bits per heavy atom. The van der Waals surface area contributed by atoms with E-state index in [1.54, 1.807) is 32.0 Å². The summed E-state index contributed by atoms with van der Waals surface area (Å²) in [6, 6.07) is 6.88. The minimum absolute atomic E-state index is 0.0365. The van der Waals surface area contributed by atoms with E-state index in [1.807, 2.05) is 13.0 Å². The molecule has 138 valence electrons. The first-order valence-electron chi connectivity index (χ1n) is 8.13. The minimum atomic E-state index is -0.523. The zero-order chi connectivity index (χ0) is 20.0. The lowest BCUT2D eigenvalue weighted by molar-refractivity contribution is 0.0943. The molecule has 1 aromatic heterocycles. The second-order valence-electron chi connectivity index (χ2n) is 5.57. The third kappa shape index (κ3) is 4.69. The van der Waals surface area contributed by atoms with E-state index in [1.165, 1.54) is 10.8 Å². The van der Waals surface area contributed by atoms with Crippen molar-refractivity contribution < 1.29 is 14.3 Å². The van der Waals surface area contributed by atoms with E-state index >= 15 is 0 Å². The van der Waals surface area contributed by atoms with E-state index in [2.05, 4.69) is 11.0 Å². The summed E-state index contributed by atoms with van der Waals surface area (Å²) in [6.07, 6.45) is 6.65. The summed E-state index contributed by atoms with van der Waals surface area (Å²) in [4.78, 5) is 12.6. The van der Waals surface area contributed by atoms with Crippen LogP contribution in [0.2, 0.25) is 5.02 Å². The van der Waals surface area contributed by atoms with Gasteiger partial charge in [0.05, 0.1) is 17.3 Å². The van der Waals surface area contributed by atoms with Crippen molar-refractivity contribution in [3.8, 4) is 29.9 Å². The second kappa shape index (κ2) is 8.93. The van der Waals surface area contributed by atoms with Gasteiger partial charge in [-0.05, 0) is 50.6 Å². The van der Waals surface area contributed by atoms with Crippen LogP contribution >= 0.6 is 11.6 Å². The molecule has 1 aromatic carbocycles. The average molecular weight is 384 g/mol. The van der Waals surface area contributed by atoms with Gasteiger partial charge in [-0.15, -0.1) is 6.42 Å². The molecule has 6 nitrogen and oxygen atoms in total. The molecule has 2 aromatic rings. The number of hydrogen-bond acceptors (Lipinski definition) is 5. The van der Waals surface area contributed by atoms with Crippen molar-refractivity contribution in [2.24, 2.45) is 0 Å². The van der Waals surface area contributed by atoms with Crippen LogP contribution in [0, 0.1) is 37.5 Å². The summed E-state index contributed by atoms with van der Waals surface area (Å²) in [7, 11) is 0. The number of ether oxygens (including phenoxy) is 2. The first-order chi connectivity index (χ1) is 12.9. The average Bonchev–Trinajstić information content (AvgIpc) is 2.97. The highest BCUT2D eigenvalue weighted by Crippen LogP contribution is 2.37. The quantitative estimate of drug-likeness (QED) is 0.430. The Bertz CT molecular complexity index is 978. The number of aryl methyl sites for hydroxylation is 2. The number of halogens is 1. The predicted octanol–water partition coefficient (Wildman–Crippen LogP) is 3.81. The Hall–Kier alpha value is -3.22. The third-order valence-corrected chi connectivity index (χ3v) is 3.78. The largest absolute Gasteiger partial charge is 0.490 e. The zero-order valence-electron chi connectivity index (χ0n) is 15.2. The van der Waals surface area contributed by atoms with Crippen molar-refractivity contribution >= 4 is 23.6 Å². The Balaban J connectivity index is 2.46. The highest BCUT2D eigenvalue weighted by molar-refractivity contribution is 6.32. The fraction of sp³-hybridized carbons (Fsp3) is 0.250. The summed E-state index contributed by atoms with van der Waals surface area (Å²) in [5.41, 5.74) is 1.76. The molecule has 0 unspecified atom stereocenters. The monoisotopic (exact) mass is 383 g/mol. The molecule has 27 heavy (non-hydrogen) atoms. The van der Waals surface area contributed by atoms with Crippen molar-refractivity contribution in [1.29, 1.82) is 5.26 Å². The molecular weight excluding hydrogens is 366 g/mol. The second-order valence-corrected chi connectivity index (χ2v) is 5.98. The van der Waals surface area contributed by atoms with Crippen LogP contribution in [0.4, 0.5) is 0 Å². The van der Waals surface area contributed by atoms with Gasteiger partial charge in [0.1, 0.15) is 18.2 Å². The molecule has 0 spiro atoms. The van der Waals surface area contributed by atoms with Crippen LogP contribution in [0.5, 0.6) is 11.5 Å². The first kappa shape index (κ1) is 20.1. The fourth-order valence-corrected chi connectivity index (χ4v) is 2.72. The van der Waals surface area contributed by atoms with Crippen LogP contribution in [0.1, 0.15) is 28.7 Å². The normalized spacial score (nSPS) is 10.8. The molecule has 2 rings (SSSR count). The number of rotatable bonds is 6. The van der Waals surface area contributed by atoms with Crippen molar-refractivity contribution in [3.05, 3.63) is 45.7 Å². The third-order valence-electron chi connectivity index (χ3n) is 3.50. The van der Waals surface area contributed by atoms with Crippen LogP contribution in [0.25, 0.3) is 6.08 Å². The van der Waals surface area contributed by atoms with E-state index in [-0.39, 0.29) is 17.2 Å². The van der Waals surface area contributed by atoms with Crippen LogP contribution in [0.15, 0.2) is 23.8 Å². The summed E-state index contributed by atoms with van der Waals surface area (Å²) in [5.74, 6) is 2.53. The number of carbonyl (C=O) groups excluding carboxylic acids is 1. The number of allylic oxidation sites excluding steroid dienone is 1. The maximum atomic E-state index is 12.6. The van der Waals surface area contributed by atoms with E-state index in [0.29, 0.717) is 35.1 Å².